The Labute approximate surface area is 221 Å². The summed E-state index contributed by atoms with van der Waals surface area (Å²) < 4.78 is 17.3. The highest BCUT2D eigenvalue weighted by atomic mass is 16.5. The zero-order valence-electron chi connectivity index (χ0n) is 22.3. The van der Waals surface area contributed by atoms with Crippen molar-refractivity contribution in [3.05, 3.63) is 62.8 Å². The molecule has 0 unspecified atom stereocenters. The van der Waals surface area contributed by atoms with E-state index in [0.717, 1.165) is 22.4 Å². The van der Waals surface area contributed by atoms with Crippen molar-refractivity contribution < 1.29 is 14.2 Å². The Balaban J connectivity index is 1.40. The number of methoxy groups -OCH3 is 2. The first-order chi connectivity index (χ1) is 18.5. The average Bonchev–Trinajstić information content (AvgIpc) is 3.29. The lowest BCUT2D eigenvalue weighted by Gasteiger charge is -2.07. The monoisotopic (exact) mass is 520 g/mol. The van der Waals surface area contributed by atoms with E-state index in [-0.39, 0.29) is 5.52 Å². The molecule has 9 heteroatoms. The van der Waals surface area contributed by atoms with E-state index in [1.165, 1.54) is 65.4 Å². The van der Waals surface area contributed by atoms with Crippen molar-refractivity contribution in [2.24, 2.45) is 5.10 Å². The van der Waals surface area contributed by atoms with E-state index in [4.69, 9.17) is 14.2 Å². The van der Waals surface area contributed by atoms with E-state index in [2.05, 4.69) is 22.0 Å². The first-order valence-corrected chi connectivity index (χ1v) is 13.3. The summed E-state index contributed by atoms with van der Waals surface area (Å²) in [5.74, 6) is 1.79. The first kappa shape index (κ1) is 27.0. The van der Waals surface area contributed by atoms with E-state index in [0.29, 0.717) is 34.5 Å². The Morgan fingerprint density at radius 2 is 1.50 bits per heavy atom. The summed E-state index contributed by atoms with van der Waals surface area (Å²) in [7, 11) is 3.06. The number of nitrogens with zero attached hydrogens (tertiary/aromatic N) is 2. The molecule has 4 rings (SSSR count). The average molecular weight is 521 g/mol. The van der Waals surface area contributed by atoms with Gasteiger partial charge in [-0.25, -0.2) is 4.79 Å². The second kappa shape index (κ2) is 13.0. The molecule has 202 valence electrons. The van der Waals surface area contributed by atoms with Crippen LogP contribution in [0.25, 0.3) is 21.9 Å². The van der Waals surface area contributed by atoms with Gasteiger partial charge in [0, 0.05) is 11.5 Å². The molecule has 0 amide bonds. The van der Waals surface area contributed by atoms with Gasteiger partial charge in [-0.3, -0.25) is 4.79 Å². The van der Waals surface area contributed by atoms with Crippen molar-refractivity contribution in [3.63, 3.8) is 0 Å². The fraction of sp³-hybridized carbons (Fsp3) is 0.414. The van der Waals surface area contributed by atoms with Crippen molar-refractivity contribution >= 4 is 28.2 Å². The number of ether oxygens (including phenoxy) is 3. The molecule has 0 aliphatic heterocycles. The predicted octanol–water partition coefficient (Wildman–Crippen LogP) is 5.59. The summed E-state index contributed by atoms with van der Waals surface area (Å²) in [5.41, 5.74) is 0.799. The van der Waals surface area contributed by atoms with Gasteiger partial charge >= 0.3 is 11.2 Å². The van der Waals surface area contributed by atoms with E-state index in [1.807, 2.05) is 24.3 Å². The molecule has 0 radical (unpaired) electrons. The number of aromatic nitrogens is 3. The van der Waals surface area contributed by atoms with Crippen LogP contribution in [0.2, 0.25) is 0 Å². The lowest BCUT2D eigenvalue weighted by molar-refractivity contribution is 0.304. The quantitative estimate of drug-likeness (QED) is 0.166. The molecule has 2 aromatic heterocycles. The van der Waals surface area contributed by atoms with Crippen LogP contribution in [-0.2, 0) is 0 Å². The normalized spacial score (nSPS) is 11.6. The van der Waals surface area contributed by atoms with Gasteiger partial charge in [0.15, 0.2) is 11.5 Å². The maximum Gasteiger partial charge on any atom is 0.350 e. The van der Waals surface area contributed by atoms with Crippen molar-refractivity contribution in [1.29, 1.82) is 0 Å². The van der Waals surface area contributed by atoms with E-state index < -0.39 is 11.2 Å². The zero-order chi connectivity index (χ0) is 26.9. The molecule has 0 fully saturated rings. The number of rotatable bonds is 14. The van der Waals surface area contributed by atoms with Crippen molar-refractivity contribution in [2.75, 3.05) is 20.8 Å². The van der Waals surface area contributed by atoms with Crippen LogP contribution in [0.4, 0.5) is 0 Å². The number of benzene rings is 2. The molecule has 0 saturated carbocycles. The van der Waals surface area contributed by atoms with Crippen LogP contribution in [0.15, 0.2) is 51.1 Å². The number of H-pyrrole nitrogens is 2. The predicted molar refractivity (Wildman–Crippen MR) is 151 cm³/mol. The lowest BCUT2D eigenvalue weighted by Crippen LogP contribution is -2.32. The Morgan fingerprint density at radius 3 is 2.18 bits per heavy atom. The van der Waals surface area contributed by atoms with Gasteiger partial charge in [-0.15, -0.1) is 4.68 Å². The maximum atomic E-state index is 13.1. The third-order valence-corrected chi connectivity index (χ3v) is 6.60. The van der Waals surface area contributed by atoms with Crippen molar-refractivity contribution in [3.8, 4) is 17.2 Å². The summed E-state index contributed by atoms with van der Waals surface area (Å²) >= 11 is 0. The minimum absolute atomic E-state index is 0.233. The molecule has 0 saturated heterocycles. The van der Waals surface area contributed by atoms with Crippen LogP contribution in [0.5, 0.6) is 17.2 Å². The van der Waals surface area contributed by atoms with Gasteiger partial charge in [-0.1, -0.05) is 51.9 Å². The van der Waals surface area contributed by atoms with Gasteiger partial charge in [0.05, 0.1) is 38.1 Å². The van der Waals surface area contributed by atoms with E-state index >= 15 is 0 Å². The fourth-order valence-corrected chi connectivity index (χ4v) is 4.47. The van der Waals surface area contributed by atoms with Crippen molar-refractivity contribution in [2.45, 2.75) is 58.3 Å². The minimum atomic E-state index is -0.639. The molecule has 0 bridgehead atoms. The number of hydrogen-bond acceptors (Lipinski definition) is 6. The molecular formula is C29H36N4O5. The van der Waals surface area contributed by atoms with E-state index in [1.54, 1.807) is 12.1 Å². The first-order valence-electron chi connectivity index (χ1n) is 13.3. The van der Waals surface area contributed by atoms with Crippen molar-refractivity contribution in [1.82, 2.24) is 14.6 Å². The second-order valence-corrected chi connectivity index (χ2v) is 9.31. The minimum Gasteiger partial charge on any atom is -0.494 e. The standard InChI is InChI=1S/C29H36N4O5/c1-4-5-6-7-8-9-10-11-16-38-21-14-12-20(13-15-21)19-30-33-28(34)27-26(32-29(33)35)22-17-24(36-2)25(37-3)18-23(22)31-27/h12-15,17-19,31H,4-11,16H2,1-3H3,(H,32,35). The highest BCUT2D eigenvalue weighted by Crippen LogP contribution is 2.34. The number of aromatic amines is 2. The third kappa shape index (κ3) is 6.27. The smallest absolute Gasteiger partial charge is 0.350 e. The molecule has 2 aromatic carbocycles. The highest BCUT2D eigenvalue weighted by Gasteiger charge is 2.15. The summed E-state index contributed by atoms with van der Waals surface area (Å²) in [6.45, 7) is 2.93. The largest absolute Gasteiger partial charge is 0.494 e. The number of fused-ring (bicyclic) bond motifs is 3. The molecule has 0 aliphatic carbocycles. The third-order valence-electron chi connectivity index (χ3n) is 6.60. The SMILES string of the molecule is CCCCCCCCCCOc1ccc(C=Nn2c(=O)[nH]c3c([nH]c4cc(OC)c(OC)cc43)c2=O)cc1. The molecule has 38 heavy (non-hydrogen) atoms. The molecule has 0 aliphatic rings. The van der Waals surface area contributed by atoms with Crippen LogP contribution >= 0.6 is 0 Å². The van der Waals surface area contributed by atoms with Crippen LogP contribution in [0, 0.1) is 0 Å². The van der Waals surface area contributed by atoms with Crippen LogP contribution in [0.1, 0.15) is 63.9 Å². The highest BCUT2D eigenvalue weighted by molar-refractivity contribution is 6.05. The number of unbranched alkanes of at least 4 members (excludes halogenated alkanes) is 7. The summed E-state index contributed by atoms with van der Waals surface area (Å²) in [5, 5.41) is 4.78. The Kier molecular flexibility index (Phi) is 9.24. The lowest BCUT2D eigenvalue weighted by atomic mass is 10.1. The molecule has 0 atom stereocenters. The topological polar surface area (TPSA) is 111 Å². The maximum absolute atomic E-state index is 13.1. The fourth-order valence-electron chi connectivity index (χ4n) is 4.47. The number of hydrogen-bond donors (Lipinski definition) is 2. The second-order valence-electron chi connectivity index (χ2n) is 9.31. The van der Waals surface area contributed by atoms with Gasteiger partial charge in [0.1, 0.15) is 11.3 Å². The van der Waals surface area contributed by atoms with Gasteiger partial charge < -0.3 is 24.2 Å². The molecular weight excluding hydrogens is 484 g/mol. The molecule has 2 heterocycles. The summed E-state index contributed by atoms with van der Waals surface area (Å²) in [6.07, 6.45) is 11.5. The van der Waals surface area contributed by atoms with Gasteiger partial charge in [0.2, 0.25) is 0 Å². The summed E-state index contributed by atoms with van der Waals surface area (Å²) in [4.78, 5) is 31.6. The van der Waals surface area contributed by atoms with Gasteiger partial charge in [-0.05, 0) is 42.3 Å². The Hall–Kier alpha value is -4.01. The molecule has 9 nitrogen and oxygen atoms in total. The Bertz CT molecular complexity index is 1500. The van der Waals surface area contributed by atoms with E-state index in [9.17, 15) is 9.59 Å². The van der Waals surface area contributed by atoms with Gasteiger partial charge in [0.25, 0.3) is 0 Å². The molecule has 4 aromatic rings. The molecule has 2 N–H and O–H groups in total. The van der Waals surface area contributed by atoms with Crippen LogP contribution < -0.4 is 25.5 Å². The van der Waals surface area contributed by atoms with Crippen LogP contribution in [-0.4, -0.2) is 41.7 Å². The summed E-state index contributed by atoms with van der Waals surface area (Å²) in [6, 6.07) is 10.8. The molecule has 0 spiro atoms. The van der Waals surface area contributed by atoms with Gasteiger partial charge in [-0.2, -0.15) is 5.10 Å². The number of nitrogens with one attached hydrogen (secondary N) is 2. The van der Waals surface area contributed by atoms with Crippen LogP contribution in [0.3, 0.4) is 0 Å². The Morgan fingerprint density at radius 1 is 0.842 bits per heavy atom. The zero-order valence-corrected chi connectivity index (χ0v) is 22.3.